The Labute approximate surface area is 127 Å². The van der Waals surface area contributed by atoms with Gasteiger partial charge in [0.1, 0.15) is 5.75 Å². The molecule has 0 saturated carbocycles. The van der Waals surface area contributed by atoms with Crippen LogP contribution in [0, 0.1) is 0 Å². The first-order valence-corrected chi connectivity index (χ1v) is 7.44. The summed E-state index contributed by atoms with van der Waals surface area (Å²) >= 11 is 0. The van der Waals surface area contributed by atoms with Crippen molar-refractivity contribution in [2.45, 2.75) is 40.7 Å². The zero-order chi connectivity index (χ0) is 15.8. The smallest absolute Gasteiger partial charge is 0.159 e. The molecule has 21 heavy (non-hydrogen) atoms. The molecule has 0 heterocycles. The first kappa shape index (κ1) is 17.0. The lowest BCUT2D eigenvalue weighted by Gasteiger charge is -2.10. The monoisotopic (exact) mass is 284 g/mol. The van der Waals surface area contributed by atoms with Crippen LogP contribution in [0.15, 0.2) is 48.5 Å². The third kappa shape index (κ3) is 5.07. The van der Waals surface area contributed by atoms with Crippen molar-refractivity contribution >= 4 is 5.78 Å². The molecule has 0 spiro atoms. The molecule has 0 fully saturated rings. The van der Waals surface area contributed by atoms with E-state index in [-0.39, 0.29) is 11.9 Å². The van der Waals surface area contributed by atoms with E-state index >= 15 is 0 Å². The fourth-order valence-corrected chi connectivity index (χ4v) is 1.90. The van der Waals surface area contributed by atoms with Crippen molar-refractivity contribution in [2.24, 2.45) is 0 Å². The summed E-state index contributed by atoms with van der Waals surface area (Å²) < 4.78 is 5.61. The molecule has 0 aliphatic carbocycles. The minimum Gasteiger partial charge on any atom is -0.491 e. The molecule has 0 amide bonds. The summed E-state index contributed by atoms with van der Waals surface area (Å²) in [6, 6.07) is 15.6. The van der Waals surface area contributed by atoms with Gasteiger partial charge in [0, 0.05) is 5.56 Å². The van der Waals surface area contributed by atoms with Gasteiger partial charge < -0.3 is 4.74 Å². The predicted molar refractivity (Wildman–Crippen MR) is 89.0 cm³/mol. The van der Waals surface area contributed by atoms with E-state index in [0.29, 0.717) is 0 Å². The Hall–Kier alpha value is -2.09. The van der Waals surface area contributed by atoms with E-state index in [1.165, 1.54) is 0 Å². The van der Waals surface area contributed by atoms with Gasteiger partial charge in [-0.15, -0.1) is 0 Å². The molecule has 2 aromatic carbocycles. The Kier molecular flexibility index (Phi) is 6.67. The van der Waals surface area contributed by atoms with E-state index in [4.69, 9.17) is 4.74 Å². The lowest BCUT2D eigenvalue weighted by molar-refractivity contribution is 0.101. The molecule has 112 valence electrons. The Balaban J connectivity index is 0.00000106. The first-order valence-electron chi connectivity index (χ1n) is 7.44. The van der Waals surface area contributed by atoms with E-state index in [0.717, 1.165) is 22.4 Å². The van der Waals surface area contributed by atoms with Crippen LogP contribution in [0.2, 0.25) is 0 Å². The number of ether oxygens (including phenoxy) is 1. The summed E-state index contributed by atoms with van der Waals surface area (Å²) in [5.41, 5.74) is 2.95. The highest BCUT2D eigenvalue weighted by Gasteiger charge is 2.02. The number of benzene rings is 2. The van der Waals surface area contributed by atoms with Crippen LogP contribution in [0.25, 0.3) is 11.1 Å². The third-order valence-electron chi connectivity index (χ3n) is 2.85. The van der Waals surface area contributed by atoms with Crippen molar-refractivity contribution in [3.8, 4) is 16.9 Å². The van der Waals surface area contributed by atoms with Crippen molar-refractivity contribution in [2.75, 3.05) is 0 Å². The average Bonchev–Trinajstić information content (AvgIpc) is 2.49. The zero-order valence-corrected chi connectivity index (χ0v) is 13.5. The summed E-state index contributed by atoms with van der Waals surface area (Å²) in [6.07, 6.45) is 0.181. The summed E-state index contributed by atoms with van der Waals surface area (Å²) in [6.45, 7) is 9.59. The van der Waals surface area contributed by atoms with Crippen LogP contribution in [0.3, 0.4) is 0 Å². The van der Waals surface area contributed by atoms with Crippen LogP contribution in [-0.4, -0.2) is 11.9 Å². The van der Waals surface area contributed by atoms with Crippen molar-refractivity contribution in [1.29, 1.82) is 0 Å². The molecule has 0 unspecified atom stereocenters. The first-order chi connectivity index (χ1) is 10.1. The molecule has 0 radical (unpaired) electrons. The molecule has 0 N–H and O–H groups in total. The second-order valence-electron chi connectivity index (χ2n) is 4.82. The fourth-order valence-electron chi connectivity index (χ4n) is 1.90. The second kappa shape index (κ2) is 8.25. The van der Waals surface area contributed by atoms with Crippen LogP contribution < -0.4 is 4.74 Å². The molecule has 0 aliphatic heterocycles. The number of ketones is 1. The molecule has 2 heteroatoms. The maximum absolute atomic E-state index is 11.2. The van der Waals surface area contributed by atoms with Crippen LogP contribution in [0.5, 0.6) is 5.75 Å². The fraction of sp³-hybridized carbons (Fsp3) is 0.316. The van der Waals surface area contributed by atoms with Gasteiger partial charge in [-0.2, -0.15) is 0 Å². The molecule has 2 nitrogen and oxygen atoms in total. The minimum atomic E-state index is 0.0900. The van der Waals surface area contributed by atoms with Gasteiger partial charge in [0.25, 0.3) is 0 Å². The zero-order valence-electron chi connectivity index (χ0n) is 13.5. The van der Waals surface area contributed by atoms with Crippen molar-refractivity contribution < 1.29 is 9.53 Å². The Morgan fingerprint density at radius 2 is 1.29 bits per heavy atom. The van der Waals surface area contributed by atoms with E-state index < -0.39 is 0 Å². The number of rotatable bonds is 4. The maximum atomic E-state index is 11.2. The van der Waals surface area contributed by atoms with Gasteiger partial charge in [-0.25, -0.2) is 0 Å². The molecule has 2 rings (SSSR count). The van der Waals surface area contributed by atoms with Crippen LogP contribution in [-0.2, 0) is 0 Å². The lowest BCUT2D eigenvalue weighted by Crippen LogP contribution is -2.05. The van der Waals surface area contributed by atoms with Gasteiger partial charge >= 0.3 is 0 Å². The summed E-state index contributed by atoms with van der Waals surface area (Å²) in [5.74, 6) is 0.964. The molecule has 0 aliphatic rings. The molecule has 2 aromatic rings. The number of hydrogen-bond acceptors (Lipinski definition) is 2. The molecular formula is C19H24O2. The van der Waals surface area contributed by atoms with Crippen LogP contribution in [0.4, 0.5) is 0 Å². The Bertz CT molecular complexity index is 551. The van der Waals surface area contributed by atoms with Gasteiger partial charge in [-0.05, 0) is 44.0 Å². The van der Waals surface area contributed by atoms with E-state index in [9.17, 15) is 4.79 Å². The number of Topliss-reactive ketones (excluding diaryl/α,β-unsaturated/α-hetero) is 1. The largest absolute Gasteiger partial charge is 0.491 e. The summed E-state index contributed by atoms with van der Waals surface area (Å²) in [7, 11) is 0. The minimum absolute atomic E-state index is 0.0900. The predicted octanol–water partition coefficient (Wildman–Crippen LogP) is 5.37. The second-order valence-corrected chi connectivity index (χ2v) is 4.82. The summed E-state index contributed by atoms with van der Waals surface area (Å²) in [4.78, 5) is 11.2. The van der Waals surface area contributed by atoms with Gasteiger partial charge in [0.2, 0.25) is 0 Å². The Morgan fingerprint density at radius 3 is 1.67 bits per heavy atom. The van der Waals surface area contributed by atoms with Gasteiger partial charge in [-0.1, -0.05) is 50.2 Å². The molecule has 0 aromatic heterocycles. The standard InChI is InChI=1S/C17H18O2.C2H6/c1-12(2)19-17-10-8-16(9-11-17)15-6-4-14(5-7-15)13(3)18;1-2/h4-12H,1-3H3;1-2H3. The van der Waals surface area contributed by atoms with Crippen molar-refractivity contribution in [1.82, 2.24) is 0 Å². The Morgan fingerprint density at radius 1 is 0.857 bits per heavy atom. The molecule has 0 saturated heterocycles. The third-order valence-corrected chi connectivity index (χ3v) is 2.85. The van der Waals surface area contributed by atoms with Gasteiger partial charge in [0.15, 0.2) is 5.78 Å². The average molecular weight is 284 g/mol. The van der Waals surface area contributed by atoms with E-state index in [1.54, 1.807) is 6.92 Å². The van der Waals surface area contributed by atoms with Gasteiger partial charge in [0.05, 0.1) is 6.10 Å². The highest BCUT2D eigenvalue weighted by atomic mass is 16.5. The van der Waals surface area contributed by atoms with Crippen LogP contribution >= 0.6 is 0 Å². The highest BCUT2D eigenvalue weighted by molar-refractivity contribution is 5.94. The number of hydrogen-bond donors (Lipinski definition) is 0. The van der Waals surface area contributed by atoms with Crippen LogP contribution in [0.1, 0.15) is 45.0 Å². The normalized spacial score (nSPS) is 9.81. The lowest BCUT2D eigenvalue weighted by atomic mass is 10.0. The topological polar surface area (TPSA) is 26.3 Å². The molecule has 0 atom stereocenters. The SMILES string of the molecule is CC.CC(=O)c1ccc(-c2ccc(OC(C)C)cc2)cc1. The van der Waals surface area contributed by atoms with Gasteiger partial charge in [-0.3, -0.25) is 4.79 Å². The van der Waals surface area contributed by atoms with E-state index in [1.807, 2.05) is 76.2 Å². The van der Waals surface area contributed by atoms with Crippen molar-refractivity contribution in [3.63, 3.8) is 0 Å². The number of carbonyl (C=O) groups is 1. The van der Waals surface area contributed by atoms with Crippen molar-refractivity contribution in [3.05, 3.63) is 54.1 Å². The highest BCUT2D eigenvalue weighted by Crippen LogP contribution is 2.23. The molecular weight excluding hydrogens is 260 g/mol. The quantitative estimate of drug-likeness (QED) is 0.705. The van der Waals surface area contributed by atoms with E-state index in [2.05, 4.69) is 0 Å². The summed E-state index contributed by atoms with van der Waals surface area (Å²) in [5, 5.41) is 0. The number of carbonyl (C=O) groups excluding carboxylic acids is 1. The molecule has 0 bridgehead atoms. The maximum Gasteiger partial charge on any atom is 0.159 e.